The smallest absolute Gasteiger partial charge is 0.180 e. The summed E-state index contributed by atoms with van der Waals surface area (Å²) in [6, 6.07) is 8.22. The molecule has 1 unspecified atom stereocenters. The van der Waals surface area contributed by atoms with Crippen molar-refractivity contribution >= 4 is 28.9 Å². The molecule has 1 saturated heterocycles. The van der Waals surface area contributed by atoms with E-state index in [2.05, 4.69) is 22.0 Å². The lowest BCUT2D eigenvalue weighted by molar-refractivity contribution is 0.0682. The van der Waals surface area contributed by atoms with Gasteiger partial charge in [0, 0.05) is 37.3 Å². The number of nitrogens with zero attached hydrogens (tertiary/aromatic N) is 2. The second kappa shape index (κ2) is 9.22. The highest BCUT2D eigenvalue weighted by atomic mass is 35.5. The monoisotopic (exact) mass is 369 g/mol. The number of nitrogens with two attached hydrogens (primary N) is 1. The van der Waals surface area contributed by atoms with Crippen molar-refractivity contribution in [2.45, 2.75) is 32.0 Å². The Balaban J connectivity index is 0.00000208. The number of methoxy groups -OCH3 is 1. The fourth-order valence-corrected chi connectivity index (χ4v) is 3.63. The normalized spacial score (nSPS) is 17.0. The van der Waals surface area contributed by atoms with Gasteiger partial charge in [-0.1, -0.05) is 12.1 Å². The second-order valence-corrected chi connectivity index (χ2v) is 6.97. The topological polar surface area (TPSA) is 60.6 Å². The van der Waals surface area contributed by atoms with Gasteiger partial charge in [0.2, 0.25) is 0 Å². The molecule has 132 valence electrons. The first-order chi connectivity index (χ1) is 11.2. The molecular weight excluding hydrogens is 346 g/mol. The highest BCUT2D eigenvalue weighted by Crippen LogP contribution is 2.22. The zero-order valence-electron chi connectivity index (χ0n) is 13.8. The van der Waals surface area contributed by atoms with Crippen molar-refractivity contribution in [2.24, 2.45) is 0 Å². The number of thiazole rings is 1. The van der Waals surface area contributed by atoms with Crippen molar-refractivity contribution < 1.29 is 9.47 Å². The fraction of sp³-hybridized carbons (Fsp3) is 0.471. The number of hydrogen-bond acceptors (Lipinski definition) is 6. The second-order valence-electron chi connectivity index (χ2n) is 5.82. The van der Waals surface area contributed by atoms with Crippen molar-refractivity contribution in [1.29, 1.82) is 0 Å². The molecule has 2 heterocycles. The fourth-order valence-electron chi connectivity index (χ4n) is 2.91. The first kappa shape index (κ1) is 19.0. The number of anilines is 1. The van der Waals surface area contributed by atoms with Crippen LogP contribution < -0.4 is 10.5 Å². The third kappa shape index (κ3) is 5.34. The average Bonchev–Trinajstić information content (AvgIpc) is 3.19. The van der Waals surface area contributed by atoms with Gasteiger partial charge in [0.1, 0.15) is 5.75 Å². The first-order valence-corrected chi connectivity index (χ1v) is 8.71. The Morgan fingerprint density at radius 3 is 2.96 bits per heavy atom. The summed E-state index contributed by atoms with van der Waals surface area (Å²) in [6.45, 7) is 3.50. The van der Waals surface area contributed by atoms with E-state index in [0.717, 1.165) is 44.8 Å². The Morgan fingerprint density at radius 1 is 1.42 bits per heavy atom. The van der Waals surface area contributed by atoms with Crippen LogP contribution in [0, 0.1) is 0 Å². The van der Waals surface area contributed by atoms with Crippen LogP contribution >= 0.6 is 23.7 Å². The maximum absolute atomic E-state index is 5.81. The molecule has 0 spiro atoms. The lowest BCUT2D eigenvalue weighted by Gasteiger charge is -2.24. The van der Waals surface area contributed by atoms with Crippen LogP contribution in [0.15, 0.2) is 30.5 Å². The Morgan fingerprint density at radius 2 is 2.29 bits per heavy atom. The maximum atomic E-state index is 5.81. The van der Waals surface area contributed by atoms with Gasteiger partial charge in [-0.15, -0.1) is 23.7 Å². The molecule has 1 aromatic heterocycles. The van der Waals surface area contributed by atoms with Crippen molar-refractivity contribution in [3.05, 3.63) is 40.9 Å². The minimum Gasteiger partial charge on any atom is -0.497 e. The molecule has 5 nitrogen and oxygen atoms in total. The van der Waals surface area contributed by atoms with Crippen molar-refractivity contribution in [3.8, 4) is 5.75 Å². The number of ether oxygens (including phenoxy) is 2. The van der Waals surface area contributed by atoms with E-state index < -0.39 is 0 Å². The van der Waals surface area contributed by atoms with E-state index in [0.29, 0.717) is 11.2 Å². The first-order valence-electron chi connectivity index (χ1n) is 7.90. The van der Waals surface area contributed by atoms with E-state index in [1.807, 2.05) is 18.3 Å². The predicted octanol–water partition coefficient (Wildman–Crippen LogP) is 3.34. The molecule has 7 heteroatoms. The zero-order valence-corrected chi connectivity index (χ0v) is 15.4. The van der Waals surface area contributed by atoms with Gasteiger partial charge in [-0.2, -0.15) is 0 Å². The molecule has 0 radical (unpaired) electrons. The van der Waals surface area contributed by atoms with Crippen LogP contribution in [0.1, 0.15) is 23.3 Å². The molecule has 3 rings (SSSR count). The quantitative estimate of drug-likeness (QED) is 0.811. The molecule has 1 aliphatic heterocycles. The Kier molecular flexibility index (Phi) is 7.30. The number of rotatable bonds is 7. The van der Waals surface area contributed by atoms with Crippen molar-refractivity contribution in [1.82, 2.24) is 9.88 Å². The van der Waals surface area contributed by atoms with Gasteiger partial charge in [0.05, 0.1) is 13.2 Å². The summed E-state index contributed by atoms with van der Waals surface area (Å²) in [5.41, 5.74) is 6.99. The van der Waals surface area contributed by atoms with E-state index >= 15 is 0 Å². The predicted molar refractivity (Wildman–Crippen MR) is 99.9 cm³/mol. The number of halogens is 1. The molecule has 24 heavy (non-hydrogen) atoms. The molecule has 1 aromatic carbocycles. The van der Waals surface area contributed by atoms with Gasteiger partial charge in [-0.25, -0.2) is 4.98 Å². The molecular formula is C17H24ClN3O2S. The van der Waals surface area contributed by atoms with Crippen LogP contribution in [0.4, 0.5) is 5.13 Å². The summed E-state index contributed by atoms with van der Waals surface area (Å²) in [7, 11) is 1.70. The maximum Gasteiger partial charge on any atom is 0.180 e. The highest BCUT2D eigenvalue weighted by molar-refractivity contribution is 7.15. The molecule has 2 N–H and O–H groups in total. The molecule has 2 aromatic rings. The van der Waals surface area contributed by atoms with Crippen LogP contribution in [0.25, 0.3) is 0 Å². The van der Waals surface area contributed by atoms with Gasteiger partial charge in [-0.05, 0) is 30.5 Å². The lowest BCUT2D eigenvalue weighted by atomic mass is 10.1. The molecule has 0 aliphatic carbocycles. The van der Waals surface area contributed by atoms with E-state index in [4.69, 9.17) is 15.2 Å². The molecule has 0 bridgehead atoms. The van der Waals surface area contributed by atoms with Crippen LogP contribution in [-0.2, 0) is 17.8 Å². The van der Waals surface area contributed by atoms with Gasteiger partial charge in [0.15, 0.2) is 5.13 Å². The largest absolute Gasteiger partial charge is 0.497 e. The molecule has 0 saturated carbocycles. The number of nitrogen functional groups attached to an aromatic ring is 1. The average molecular weight is 370 g/mol. The van der Waals surface area contributed by atoms with Crippen LogP contribution in [0.2, 0.25) is 0 Å². The van der Waals surface area contributed by atoms with Gasteiger partial charge < -0.3 is 15.2 Å². The Bertz CT molecular complexity index is 632. The molecule has 1 atom stereocenters. The molecule has 1 fully saturated rings. The summed E-state index contributed by atoms with van der Waals surface area (Å²) in [4.78, 5) is 7.74. The van der Waals surface area contributed by atoms with Gasteiger partial charge >= 0.3 is 0 Å². The Labute approximate surface area is 153 Å². The SMILES string of the molecule is COc1cccc(CN(Cc2cnc(N)s2)CC2CCCO2)c1.Cl. The van der Waals surface area contributed by atoms with Crippen LogP contribution in [0.5, 0.6) is 5.75 Å². The van der Waals surface area contributed by atoms with Crippen molar-refractivity contribution in [3.63, 3.8) is 0 Å². The van der Waals surface area contributed by atoms with Gasteiger partial charge in [-0.3, -0.25) is 4.90 Å². The zero-order chi connectivity index (χ0) is 16.1. The Hall–Kier alpha value is -1.34. The summed E-state index contributed by atoms with van der Waals surface area (Å²) < 4.78 is 11.1. The standard InChI is InChI=1S/C17H23N3O2S.ClH/c1-21-14-5-2-4-13(8-14)10-20(11-15-6-3-7-22-15)12-16-9-19-17(18)23-16;/h2,4-5,8-9,15H,3,6-7,10-12H2,1H3,(H2,18,19);1H. The van der Waals surface area contributed by atoms with Gasteiger partial charge in [0.25, 0.3) is 0 Å². The van der Waals surface area contributed by atoms with Crippen LogP contribution in [-0.4, -0.2) is 36.2 Å². The number of aromatic nitrogens is 1. The summed E-state index contributed by atoms with van der Waals surface area (Å²) in [5, 5.41) is 0.624. The summed E-state index contributed by atoms with van der Waals surface area (Å²) in [6.07, 6.45) is 4.49. The third-order valence-corrected chi connectivity index (χ3v) is 4.79. The number of benzene rings is 1. The molecule has 0 amide bonds. The summed E-state index contributed by atoms with van der Waals surface area (Å²) >= 11 is 1.55. The van der Waals surface area contributed by atoms with Crippen LogP contribution in [0.3, 0.4) is 0 Å². The number of hydrogen-bond donors (Lipinski definition) is 1. The van der Waals surface area contributed by atoms with E-state index in [9.17, 15) is 0 Å². The van der Waals surface area contributed by atoms with Crippen molar-refractivity contribution in [2.75, 3.05) is 26.0 Å². The van der Waals surface area contributed by atoms with E-state index in [1.165, 1.54) is 10.4 Å². The minimum atomic E-state index is 0. The third-order valence-electron chi connectivity index (χ3n) is 3.98. The highest BCUT2D eigenvalue weighted by Gasteiger charge is 2.20. The van der Waals surface area contributed by atoms with E-state index in [-0.39, 0.29) is 12.4 Å². The summed E-state index contributed by atoms with van der Waals surface area (Å²) in [5.74, 6) is 0.890. The lowest BCUT2D eigenvalue weighted by Crippen LogP contribution is -2.31. The molecule has 1 aliphatic rings. The minimum absolute atomic E-state index is 0. The van der Waals surface area contributed by atoms with E-state index in [1.54, 1.807) is 18.4 Å².